The van der Waals surface area contributed by atoms with Crippen LogP contribution in [0.25, 0.3) is 21.5 Å². The number of fused-ring (bicyclic) bond motifs is 3. The van der Waals surface area contributed by atoms with Gasteiger partial charge in [0.05, 0.1) is 16.6 Å². The van der Waals surface area contributed by atoms with Gasteiger partial charge in [0.2, 0.25) is 0 Å². The highest BCUT2D eigenvalue weighted by Gasteiger charge is 2.27. The van der Waals surface area contributed by atoms with E-state index in [1.807, 2.05) is 22.8 Å². The number of hydrogen-bond acceptors (Lipinski definition) is 4. The molecule has 2 aliphatic rings. The number of aryl methyl sites for hydroxylation is 3. The third kappa shape index (κ3) is 2.44. The van der Waals surface area contributed by atoms with Crippen LogP contribution >= 0.6 is 11.3 Å². The van der Waals surface area contributed by atoms with Gasteiger partial charge in [-0.15, -0.1) is 11.3 Å². The Morgan fingerprint density at radius 2 is 2.04 bits per heavy atom. The minimum absolute atomic E-state index is 0.0981. The van der Waals surface area contributed by atoms with Gasteiger partial charge in [0, 0.05) is 23.4 Å². The summed E-state index contributed by atoms with van der Waals surface area (Å²) in [5.41, 5.74) is 3.42. The van der Waals surface area contributed by atoms with Crippen LogP contribution in [0, 0.1) is 5.41 Å². The highest BCUT2D eigenvalue weighted by Crippen LogP contribution is 2.34. The monoisotopic (exact) mass is 351 g/mol. The van der Waals surface area contributed by atoms with Crippen molar-refractivity contribution in [2.75, 3.05) is 0 Å². The first-order valence-corrected chi connectivity index (χ1v) is 9.84. The zero-order valence-electron chi connectivity index (χ0n) is 14.6. The van der Waals surface area contributed by atoms with Gasteiger partial charge >= 0.3 is 0 Å². The topological polar surface area (TPSA) is 47.8 Å². The number of benzene rings is 1. The van der Waals surface area contributed by atoms with Crippen molar-refractivity contribution in [3.63, 3.8) is 0 Å². The summed E-state index contributed by atoms with van der Waals surface area (Å²) < 4.78 is 1.88. The number of aromatic nitrogens is 3. The maximum Gasteiger partial charge on any atom is 0.261 e. The Morgan fingerprint density at radius 1 is 1.16 bits per heavy atom. The molecule has 128 valence electrons. The molecule has 0 amide bonds. The molecule has 0 unspecified atom stereocenters. The summed E-state index contributed by atoms with van der Waals surface area (Å²) in [7, 11) is 0. The second kappa shape index (κ2) is 5.24. The largest absolute Gasteiger partial charge is 0.296 e. The van der Waals surface area contributed by atoms with Crippen LogP contribution in [0.15, 0.2) is 23.0 Å². The zero-order chi connectivity index (χ0) is 17.2. The number of rotatable bonds is 1. The molecule has 1 aliphatic carbocycles. The summed E-state index contributed by atoms with van der Waals surface area (Å²) in [5, 5.41) is 1.78. The smallest absolute Gasteiger partial charge is 0.261 e. The molecule has 5 rings (SSSR count). The van der Waals surface area contributed by atoms with E-state index in [1.54, 1.807) is 11.3 Å². The van der Waals surface area contributed by atoms with Gasteiger partial charge < -0.3 is 0 Å². The Bertz CT molecular complexity index is 1040. The van der Waals surface area contributed by atoms with Gasteiger partial charge in [-0.2, -0.15) is 0 Å². The van der Waals surface area contributed by atoms with Crippen LogP contribution in [-0.2, 0) is 25.8 Å². The number of thiazole rings is 1. The predicted molar refractivity (Wildman–Crippen MR) is 101 cm³/mol. The molecule has 4 nitrogen and oxygen atoms in total. The van der Waals surface area contributed by atoms with Crippen molar-refractivity contribution in [3.05, 3.63) is 44.9 Å². The molecule has 0 fully saturated rings. The molecular weight excluding hydrogens is 330 g/mol. The second-order valence-electron chi connectivity index (χ2n) is 8.06. The lowest BCUT2D eigenvalue weighted by molar-refractivity contribution is 0.240. The maximum absolute atomic E-state index is 12.9. The summed E-state index contributed by atoms with van der Waals surface area (Å²) in [6.45, 7) is 5.19. The van der Waals surface area contributed by atoms with Crippen LogP contribution in [0.1, 0.15) is 43.1 Å². The predicted octanol–water partition coefficient (Wildman–Crippen LogP) is 3.98. The molecule has 3 heterocycles. The van der Waals surface area contributed by atoms with Crippen LogP contribution < -0.4 is 5.56 Å². The van der Waals surface area contributed by atoms with Gasteiger partial charge in [-0.1, -0.05) is 19.9 Å². The van der Waals surface area contributed by atoms with Crippen molar-refractivity contribution < 1.29 is 0 Å². The molecule has 5 heteroatoms. The fraction of sp³-hybridized carbons (Fsp3) is 0.450. The van der Waals surface area contributed by atoms with Crippen molar-refractivity contribution in [2.45, 2.75) is 52.5 Å². The average molecular weight is 351 g/mol. The SMILES string of the molecule is CC1(C)CCc2nc3cc(-c4nc5c(s4)CCC5)ccc3c(=O)n2C1. The van der Waals surface area contributed by atoms with E-state index in [9.17, 15) is 4.79 Å². The molecule has 1 aliphatic heterocycles. The van der Waals surface area contributed by atoms with Gasteiger partial charge in [0.15, 0.2) is 0 Å². The van der Waals surface area contributed by atoms with Crippen LogP contribution in [-0.4, -0.2) is 14.5 Å². The van der Waals surface area contributed by atoms with Gasteiger partial charge in [0.25, 0.3) is 5.56 Å². The van der Waals surface area contributed by atoms with E-state index in [2.05, 4.69) is 13.8 Å². The van der Waals surface area contributed by atoms with Gasteiger partial charge in [-0.05, 0) is 43.2 Å². The van der Waals surface area contributed by atoms with Crippen molar-refractivity contribution in [1.29, 1.82) is 0 Å². The van der Waals surface area contributed by atoms with Gasteiger partial charge in [-0.25, -0.2) is 9.97 Å². The Labute approximate surface area is 150 Å². The van der Waals surface area contributed by atoms with Gasteiger partial charge in [0.1, 0.15) is 10.8 Å². The molecular formula is C20H21N3OS. The third-order valence-electron chi connectivity index (χ3n) is 5.49. The minimum Gasteiger partial charge on any atom is -0.296 e. The minimum atomic E-state index is 0.0981. The fourth-order valence-corrected chi connectivity index (χ4v) is 5.17. The van der Waals surface area contributed by atoms with E-state index in [1.165, 1.54) is 17.0 Å². The summed E-state index contributed by atoms with van der Waals surface area (Å²) in [6, 6.07) is 6.01. The number of hydrogen-bond donors (Lipinski definition) is 0. The average Bonchev–Trinajstić information content (AvgIpc) is 3.17. The van der Waals surface area contributed by atoms with E-state index in [4.69, 9.17) is 9.97 Å². The Kier molecular flexibility index (Phi) is 3.20. The van der Waals surface area contributed by atoms with E-state index in [-0.39, 0.29) is 11.0 Å². The molecule has 0 spiro atoms. The molecule has 0 atom stereocenters. The molecule has 2 aromatic heterocycles. The van der Waals surface area contributed by atoms with Crippen molar-refractivity contribution >= 4 is 22.2 Å². The summed E-state index contributed by atoms with van der Waals surface area (Å²) in [5.74, 6) is 0.926. The number of nitrogens with zero attached hydrogens (tertiary/aromatic N) is 3. The summed E-state index contributed by atoms with van der Waals surface area (Å²) >= 11 is 1.79. The van der Waals surface area contributed by atoms with E-state index in [0.717, 1.165) is 54.1 Å². The first-order valence-electron chi connectivity index (χ1n) is 9.03. The molecule has 0 saturated carbocycles. The van der Waals surface area contributed by atoms with Gasteiger partial charge in [-0.3, -0.25) is 9.36 Å². The Balaban J connectivity index is 1.64. The Hall–Kier alpha value is -2.01. The van der Waals surface area contributed by atoms with E-state index < -0.39 is 0 Å². The third-order valence-corrected chi connectivity index (χ3v) is 6.70. The van der Waals surface area contributed by atoms with Crippen molar-refractivity contribution in [2.24, 2.45) is 5.41 Å². The quantitative estimate of drug-likeness (QED) is 0.666. The summed E-state index contributed by atoms with van der Waals surface area (Å²) in [6.07, 6.45) is 5.43. The van der Waals surface area contributed by atoms with Crippen molar-refractivity contribution in [3.8, 4) is 10.6 Å². The standard InChI is InChI=1S/C20H21N3OS/c1-20(2)9-8-17-21-15-10-12(6-7-13(15)19(24)23(17)11-20)18-22-14-4-3-5-16(14)25-18/h6-7,10H,3-5,8-9,11H2,1-2H3. The first-order chi connectivity index (χ1) is 12.0. The highest BCUT2D eigenvalue weighted by atomic mass is 32.1. The highest BCUT2D eigenvalue weighted by molar-refractivity contribution is 7.15. The lowest BCUT2D eigenvalue weighted by atomic mass is 9.85. The summed E-state index contributed by atoms with van der Waals surface area (Å²) in [4.78, 5) is 24.0. The second-order valence-corrected chi connectivity index (χ2v) is 9.14. The normalized spacial score (nSPS) is 18.3. The van der Waals surface area contributed by atoms with Crippen LogP contribution in [0.4, 0.5) is 0 Å². The maximum atomic E-state index is 12.9. The van der Waals surface area contributed by atoms with E-state index >= 15 is 0 Å². The molecule has 0 N–H and O–H groups in total. The van der Waals surface area contributed by atoms with Crippen molar-refractivity contribution in [1.82, 2.24) is 14.5 Å². The lowest BCUT2D eigenvalue weighted by Gasteiger charge is -2.31. The molecule has 0 bridgehead atoms. The lowest BCUT2D eigenvalue weighted by Crippen LogP contribution is -2.36. The van der Waals surface area contributed by atoms with Crippen LogP contribution in [0.5, 0.6) is 0 Å². The zero-order valence-corrected chi connectivity index (χ0v) is 15.4. The first kappa shape index (κ1) is 15.3. The molecule has 0 radical (unpaired) electrons. The molecule has 1 aromatic carbocycles. The molecule has 3 aromatic rings. The van der Waals surface area contributed by atoms with Crippen LogP contribution in [0.3, 0.4) is 0 Å². The van der Waals surface area contributed by atoms with E-state index in [0.29, 0.717) is 5.39 Å². The molecule has 25 heavy (non-hydrogen) atoms. The van der Waals surface area contributed by atoms with Crippen LogP contribution in [0.2, 0.25) is 0 Å². The Morgan fingerprint density at radius 3 is 2.88 bits per heavy atom. The fourth-order valence-electron chi connectivity index (χ4n) is 4.03. The molecule has 0 saturated heterocycles.